The molecule has 0 saturated heterocycles. The van der Waals surface area contributed by atoms with Gasteiger partial charge >= 0.3 is 0 Å². The van der Waals surface area contributed by atoms with Gasteiger partial charge in [0.2, 0.25) is 0 Å². The lowest BCUT2D eigenvalue weighted by Crippen LogP contribution is -2.05. The molecule has 0 fully saturated rings. The third-order valence-corrected chi connectivity index (χ3v) is 4.78. The third-order valence-electron chi connectivity index (χ3n) is 3.74. The van der Waals surface area contributed by atoms with Crippen LogP contribution in [0.4, 0.5) is 4.39 Å². The molecule has 1 unspecified atom stereocenters. The van der Waals surface area contributed by atoms with Crippen molar-refractivity contribution in [3.05, 3.63) is 53.5 Å². The van der Waals surface area contributed by atoms with Crippen LogP contribution in [0, 0.1) is 12.7 Å². The van der Waals surface area contributed by atoms with Crippen LogP contribution in [0.25, 0.3) is 11.6 Å². The highest BCUT2D eigenvalue weighted by Crippen LogP contribution is 2.28. The summed E-state index contributed by atoms with van der Waals surface area (Å²) in [7, 11) is 0. The average molecular weight is 347 g/mol. The summed E-state index contributed by atoms with van der Waals surface area (Å²) >= 11 is 1.41. The van der Waals surface area contributed by atoms with Crippen molar-refractivity contribution in [1.82, 2.24) is 14.8 Å². The van der Waals surface area contributed by atoms with Gasteiger partial charge in [-0.2, -0.15) is 0 Å². The number of hydrogen-bond acceptors (Lipinski definition) is 5. The summed E-state index contributed by atoms with van der Waals surface area (Å²) in [5, 5.41) is 19.5. The van der Waals surface area contributed by atoms with Crippen LogP contribution in [0.5, 0.6) is 0 Å². The first-order valence-electron chi connectivity index (χ1n) is 7.64. The smallest absolute Gasteiger partial charge is 0.200 e. The molecule has 0 spiro atoms. The maximum absolute atomic E-state index is 13.2. The lowest BCUT2D eigenvalue weighted by Gasteiger charge is -2.13. The minimum absolute atomic E-state index is 0.301. The standard InChI is InChI=1S/C17H18FN3O2S/c1-3-21-16(15-5-4-8-23-15)19-20-17(21)24-10-14(22)13-7-6-12(18)9-11(13)2/h4-9,14,22H,3,10H2,1-2H3. The first-order chi connectivity index (χ1) is 11.6. The van der Waals surface area contributed by atoms with Gasteiger partial charge in [0.05, 0.1) is 12.4 Å². The fourth-order valence-corrected chi connectivity index (χ4v) is 3.48. The van der Waals surface area contributed by atoms with Gasteiger partial charge in [0.25, 0.3) is 0 Å². The molecule has 3 aromatic rings. The van der Waals surface area contributed by atoms with Crippen LogP contribution in [0.15, 0.2) is 46.2 Å². The zero-order valence-corrected chi connectivity index (χ0v) is 14.3. The van der Waals surface area contributed by atoms with Crippen LogP contribution in [-0.4, -0.2) is 25.6 Å². The fourth-order valence-electron chi connectivity index (χ4n) is 2.52. The molecule has 0 bridgehead atoms. The van der Waals surface area contributed by atoms with Gasteiger partial charge in [-0.3, -0.25) is 4.57 Å². The molecule has 3 rings (SSSR count). The van der Waals surface area contributed by atoms with E-state index in [0.29, 0.717) is 29.0 Å². The van der Waals surface area contributed by atoms with Crippen molar-refractivity contribution in [3.8, 4) is 11.6 Å². The lowest BCUT2D eigenvalue weighted by atomic mass is 10.0. The summed E-state index contributed by atoms with van der Waals surface area (Å²) in [5.74, 6) is 1.43. The van der Waals surface area contributed by atoms with Crippen LogP contribution in [0.3, 0.4) is 0 Å². The van der Waals surface area contributed by atoms with Gasteiger partial charge in [-0.1, -0.05) is 17.8 Å². The minimum atomic E-state index is -0.704. The highest BCUT2D eigenvalue weighted by molar-refractivity contribution is 7.99. The maximum atomic E-state index is 13.2. The van der Waals surface area contributed by atoms with Gasteiger partial charge in [-0.15, -0.1) is 10.2 Å². The Morgan fingerprint density at radius 3 is 2.83 bits per heavy atom. The number of hydrogen-bond donors (Lipinski definition) is 1. The van der Waals surface area contributed by atoms with Crippen LogP contribution >= 0.6 is 11.8 Å². The van der Waals surface area contributed by atoms with Crippen LogP contribution < -0.4 is 0 Å². The maximum Gasteiger partial charge on any atom is 0.200 e. The largest absolute Gasteiger partial charge is 0.461 e. The van der Waals surface area contributed by atoms with Crippen molar-refractivity contribution in [1.29, 1.82) is 0 Å². The van der Waals surface area contributed by atoms with Gasteiger partial charge in [0, 0.05) is 12.3 Å². The summed E-state index contributed by atoms with van der Waals surface area (Å²) in [6.07, 6.45) is 0.891. The van der Waals surface area contributed by atoms with E-state index in [1.54, 1.807) is 25.3 Å². The van der Waals surface area contributed by atoms with Crippen LogP contribution in [0.2, 0.25) is 0 Å². The van der Waals surface area contributed by atoms with Crippen molar-refractivity contribution in [3.63, 3.8) is 0 Å². The highest BCUT2D eigenvalue weighted by Gasteiger charge is 2.17. The number of benzene rings is 1. The van der Waals surface area contributed by atoms with Crippen molar-refractivity contribution in [2.75, 3.05) is 5.75 Å². The number of thioether (sulfide) groups is 1. The first kappa shape index (κ1) is 16.7. The Morgan fingerprint density at radius 1 is 1.33 bits per heavy atom. The Labute approximate surface area is 143 Å². The lowest BCUT2D eigenvalue weighted by molar-refractivity contribution is 0.203. The number of aliphatic hydroxyl groups is 1. The molecule has 2 heterocycles. The third kappa shape index (κ3) is 3.37. The molecular weight excluding hydrogens is 329 g/mol. The topological polar surface area (TPSA) is 64.1 Å². The summed E-state index contributed by atoms with van der Waals surface area (Å²) in [5.41, 5.74) is 1.45. The number of aromatic nitrogens is 3. The molecule has 24 heavy (non-hydrogen) atoms. The number of nitrogens with zero attached hydrogens (tertiary/aromatic N) is 3. The van der Waals surface area contributed by atoms with E-state index < -0.39 is 6.10 Å². The summed E-state index contributed by atoms with van der Waals surface area (Å²) in [6, 6.07) is 8.04. The Kier molecular flexibility index (Phi) is 5.01. The quantitative estimate of drug-likeness (QED) is 0.687. The van der Waals surface area contributed by atoms with E-state index in [1.807, 2.05) is 17.6 Å². The molecule has 0 aliphatic heterocycles. The molecule has 0 radical (unpaired) electrons. The Bertz CT molecular complexity index is 817. The molecule has 1 N–H and O–H groups in total. The second-order valence-electron chi connectivity index (χ2n) is 5.36. The molecule has 7 heteroatoms. The van der Waals surface area contributed by atoms with E-state index in [4.69, 9.17) is 4.42 Å². The van der Waals surface area contributed by atoms with E-state index in [-0.39, 0.29) is 5.82 Å². The normalized spacial score (nSPS) is 12.5. The zero-order chi connectivity index (χ0) is 17.1. The molecule has 126 valence electrons. The Hall–Kier alpha value is -2.12. The Morgan fingerprint density at radius 2 is 2.17 bits per heavy atom. The summed E-state index contributed by atoms with van der Waals surface area (Å²) < 4.78 is 20.5. The van der Waals surface area contributed by atoms with Gasteiger partial charge in [-0.25, -0.2) is 4.39 Å². The van der Waals surface area contributed by atoms with E-state index in [0.717, 1.165) is 11.1 Å². The number of furan rings is 1. The molecule has 1 atom stereocenters. The zero-order valence-electron chi connectivity index (χ0n) is 13.4. The fraction of sp³-hybridized carbons (Fsp3) is 0.294. The summed E-state index contributed by atoms with van der Waals surface area (Å²) in [6.45, 7) is 4.48. The predicted molar refractivity (Wildman–Crippen MR) is 90.2 cm³/mol. The molecule has 5 nitrogen and oxygen atoms in total. The molecule has 0 saturated carbocycles. The Balaban J connectivity index is 1.75. The van der Waals surface area contributed by atoms with E-state index in [9.17, 15) is 9.50 Å². The molecule has 1 aromatic carbocycles. The SMILES string of the molecule is CCn1c(SCC(O)c2ccc(F)cc2C)nnc1-c1ccco1. The van der Waals surface area contributed by atoms with Crippen molar-refractivity contribution >= 4 is 11.8 Å². The number of aryl methyl sites for hydroxylation is 1. The van der Waals surface area contributed by atoms with Crippen molar-refractivity contribution in [2.24, 2.45) is 0 Å². The molecule has 0 amide bonds. The van der Waals surface area contributed by atoms with E-state index in [2.05, 4.69) is 10.2 Å². The van der Waals surface area contributed by atoms with E-state index in [1.165, 1.54) is 23.9 Å². The second kappa shape index (κ2) is 7.19. The van der Waals surface area contributed by atoms with Gasteiger partial charge in [0.1, 0.15) is 5.82 Å². The van der Waals surface area contributed by atoms with Crippen LogP contribution in [0.1, 0.15) is 24.2 Å². The average Bonchev–Trinajstić information content (AvgIpc) is 3.21. The van der Waals surface area contributed by atoms with Crippen molar-refractivity contribution < 1.29 is 13.9 Å². The van der Waals surface area contributed by atoms with Crippen LogP contribution in [-0.2, 0) is 6.54 Å². The first-order valence-corrected chi connectivity index (χ1v) is 8.62. The van der Waals surface area contributed by atoms with E-state index >= 15 is 0 Å². The summed E-state index contributed by atoms with van der Waals surface area (Å²) in [4.78, 5) is 0. The van der Waals surface area contributed by atoms with Gasteiger partial charge in [0.15, 0.2) is 16.7 Å². The predicted octanol–water partition coefficient (Wildman–Crippen LogP) is 3.83. The number of rotatable bonds is 6. The number of halogens is 1. The second-order valence-corrected chi connectivity index (χ2v) is 6.34. The van der Waals surface area contributed by atoms with Crippen molar-refractivity contribution in [2.45, 2.75) is 31.7 Å². The highest BCUT2D eigenvalue weighted by atomic mass is 32.2. The molecule has 0 aliphatic carbocycles. The molecule has 2 aromatic heterocycles. The number of aliphatic hydroxyl groups excluding tert-OH is 1. The van der Waals surface area contributed by atoms with Gasteiger partial charge in [-0.05, 0) is 49.2 Å². The van der Waals surface area contributed by atoms with Gasteiger partial charge < -0.3 is 9.52 Å². The monoisotopic (exact) mass is 347 g/mol. The molecular formula is C17H18FN3O2S. The minimum Gasteiger partial charge on any atom is -0.461 e. The molecule has 0 aliphatic rings.